The number of nitrogens with one attached hydrogen (secondary N) is 1. The van der Waals surface area contributed by atoms with Gasteiger partial charge in [0.15, 0.2) is 0 Å². The quantitative estimate of drug-likeness (QED) is 0.284. The first-order chi connectivity index (χ1) is 20.5. The van der Waals surface area contributed by atoms with Crippen molar-refractivity contribution in [2.45, 2.75) is 37.8 Å². The third-order valence-corrected chi connectivity index (χ3v) is 8.30. The zero-order valence-corrected chi connectivity index (χ0v) is 24.5. The van der Waals surface area contributed by atoms with E-state index in [4.69, 9.17) is 17.3 Å². The molecule has 2 aliphatic heterocycles. The lowest BCUT2D eigenvalue weighted by Crippen LogP contribution is -2.50. The molecule has 0 saturated carbocycles. The van der Waals surface area contributed by atoms with Crippen molar-refractivity contribution in [1.29, 1.82) is 5.26 Å². The molecule has 43 heavy (non-hydrogen) atoms. The summed E-state index contributed by atoms with van der Waals surface area (Å²) in [5.41, 5.74) is 7.76. The van der Waals surface area contributed by atoms with Gasteiger partial charge in [0.25, 0.3) is 0 Å². The molecule has 222 valence electrons. The van der Waals surface area contributed by atoms with Gasteiger partial charge in [0.2, 0.25) is 5.91 Å². The number of nitrogens with zero attached hydrogens (tertiary/aromatic N) is 5. The Bertz CT molecular complexity index is 1720. The molecule has 0 aliphatic carbocycles. The summed E-state index contributed by atoms with van der Waals surface area (Å²) in [6.45, 7) is 3.29. The van der Waals surface area contributed by atoms with Gasteiger partial charge in [0, 0.05) is 66.8 Å². The van der Waals surface area contributed by atoms with Gasteiger partial charge in [-0.2, -0.15) is 5.26 Å². The van der Waals surface area contributed by atoms with Crippen LogP contribution in [-0.2, 0) is 11.3 Å². The number of urea groups is 1. The number of allylic oxidation sites excluding steroid dienone is 2. The van der Waals surface area contributed by atoms with E-state index in [1.165, 1.54) is 17.3 Å². The van der Waals surface area contributed by atoms with Crippen LogP contribution in [0.2, 0.25) is 5.02 Å². The monoisotopic (exact) mass is 603 g/mol. The number of carbonyl (C=O) groups is 2. The SMILES string of the molecule is CN=C/C(=C(\N)C#N)c1ccc(CN2CCC(c3ccc4ncc(N5CCC(=O)NC5=O)cc4c3F)C(C)(O)C2)cc1Cl. The molecule has 2 aliphatic rings. The highest BCUT2D eigenvalue weighted by Gasteiger charge is 2.40. The van der Waals surface area contributed by atoms with Crippen LogP contribution >= 0.6 is 11.6 Å². The number of piperidine rings is 1. The number of nitriles is 1. The van der Waals surface area contributed by atoms with Crippen LogP contribution in [0, 0.1) is 17.1 Å². The number of benzene rings is 2. The highest BCUT2D eigenvalue weighted by atomic mass is 35.5. The lowest BCUT2D eigenvalue weighted by Gasteiger charge is -2.43. The van der Waals surface area contributed by atoms with Crippen molar-refractivity contribution in [3.8, 4) is 6.07 Å². The average Bonchev–Trinajstić information content (AvgIpc) is 2.96. The number of anilines is 1. The maximum atomic E-state index is 16.0. The summed E-state index contributed by atoms with van der Waals surface area (Å²) in [6, 6.07) is 11.8. The van der Waals surface area contributed by atoms with E-state index in [2.05, 4.69) is 20.2 Å². The summed E-state index contributed by atoms with van der Waals surface area (Å²) in [4.78, 5) is 35.6. The number of β-amino-alcohol motifs (C(OH)–C–C–N with tert-alkyl or cyclic N) is 1. The Hall–Kier alpha value is -4.37. The first kappa shape index (κ1) is 30.1. The molecule has 1 aromatic heterocycles. The van der Waals surface area contributed by atoms with Crippen molar-refractivity contribution < 1.29 is 19.1 Å². The zero-order valence-electron chi connectivity index (χ0n) is 23.8. The van der Waals surface area contributed by atoms with Crippen LogP contribution in [0.15, 0.2) is 53.3 Å². The molecule has 10 nitrogen and oxygen atoms in total. The minimum Gasteiger partial charge on any atom is -0.390 e. The molecule has 2 atom stereocenters. The molecule has 0 bridgehead atoms. The maximum Gasteiger partial charge on any atom is 0.328 e. The summed E-state index contributed by atoms with van der Waals surface area (Å²) in [7, 11) is 1.58. The Morgan fingerprint density at radius 3 is 2.79 bits per heavy atom. The summed E-state index contributed by atoms with van der Waals surface area (Å²) in [6.07, 6.45) is 3.63. The van der Waals surface area contributed by atoms with Gasteiger partial charge in [0.05, 0.1) is 23.0 Å². The summed E-state index contributed by atoms with van der Waals surface area (Å²) < 4.78 is 16.0. The van der Waals surface area contributed by atoms with E-state index in [1.807, 2.05) is 12.1 Å². The molecule has 2 saturated heterocycles. The van der Waals surface area contributed by atoms with E-state index >= 15 is 4.39 Å². The highest BCUT2D eigenvalue weighted by molar-refractivity contribution is 6.34. The largest absolute Gasteiger partial charge is 0.390 e. The fraction of sp³-hybridized carbons (Fsp3) is 0.323. The number of hydrogen-bond acceptors (Lipinski definition) is 8. The summed E-state index contributed by atoms with van der Waals surface area (Å²) in [5.74, 6) is -1.32. The van der Waals surface area contributed by atoms with Crippen LogP contribution in [0.5, 0.6) is 0 Å². The predicted molar refractivity (Wildman–Crippen MR) is 163 cm³/mol. The van der Waals surface area contributed by atoms with Gasteiger partial charge in [0.1, 0.15) is 17.6 Å². The Kier molecular flexibility index (Phi) is 8.46. The van der Waals surface area contributed by atoms with E-state index in [0.29, 0.717) is 59.0 Å². The fourth-order valence-corrected chi connectivity index (χ4v) is 6.20. The van der Waals surface area contributed by atoms with Gasteiger partial charge in [-0.15, -0.1) is 0 Å². The number of likely N-dealkylation sites (tertiary alicyclic amines) is 1. The van der Waals surface area contributed by atoms with Crippen molar-refractivity contribution in [2.24, 2.45) is 10.7 Å². The molecule has 2 unspecified atom stereocenters. The van der Waals surface area contributed by atoms with Crippen LogP contribution in [-0.4, -0.2) is 65.4 Å². The molecule has 3 heterocycles. The summed E-state index contributed by atoms with van der Waals surface area (Å²) >= 11 is 6.56. The molecule has 5 rings (SSSR count). The number of carbonyl (C=O) groups excluding carboxylic acids is 2. The molecule has 2 aromatic carbocycles. The number of fused-ring (bicyclic) bond motifs is 1. The number of aliphatic imine (C=N–C) groups is 1. The molecular weight excluding hydrogens is 573 g/mol. The Morgan fingerprint density at radius 2 is 2.12 bits per heavy atom. The average molecular weight is 604 g/mol. The van der Waals surface area contributed by atoms with Crippen LogP contribution in [0.4, 0.5) is 14.9 Å². The molecule has 0 radical (unpaired) electrons. The van der Waals surface area contributed by atoms with Crippen molar-refractivity contribution in [2.75, 3.05) is 31.6 Å². The van der Waals surface area contributed by atoms with Gasteiger partial charge < -0.3 is 10.8 Å². The van der Waals surface area contributed by atoms with Crippen LogP contribution in [0.25, 0.3) is 16.5 Å². The Labute approximate surface area is 253 Å². The number of pyridine rings is 1. The number of aliphatic hydroxyl groups is 1. The van der Waals surface area contributed by atoms with Crippen molar-refractivity contribution in [1.82, 2.24) is 15.2 Å². The number of hydrogen-bond donors (Lipinski definition) is 3. The smallest absolute Gasteiger partial charge is 0.328 e. The molecular formula is C31H31ClFN7O3. The second kappa shape index (κ2) is 12.1. The summed E-state index contributed by atoms with van der Waals surface area (Å²) in [5, 5.41) is 23.7. The molecule has 3 aromatic rings. The molecule has 12 heteroatoms. The van der Waals surface area contributed by atoms with E-state index < -0.39 is 23.4 Å². The Balaban J connectivity index is 1.35. The second-order valence-corrected chi connectivity index (χ2v) is 11.4. The fourth-order valence-electron chi connectivity index (χ4n) is 5.89. The molecule has 3 amide bonds. The van der Waals surface area contributed by atoms with E-state index in [9.17, 15) is 20.0 Å². The standard InChI is InChI=1S/C31H31ClFN7O3/c1-31(43)17-39(16-18-3-4-20(25(32)11-18)23(15-36-2)26(35)13-34)9-7-24(31)21-5-6-27-22(29(21)33)12-19(14-37-27)40-10-8-28(41)38-30(40)42/h3-6,11-12,14-15,24,43H,7-10,16-17,35H2,1-2H3,(H,38,41,42)/b26-23+,36-15?. The lowest BCUT2D eigenvalue weighted by molar-refractivity contribution is -0.120. The maximum absolute atomic E-state index is 16.0. The molecule has 4 N–H and O–H groups in total. The highest BCUT2D eigenvalue weighted by Crippen LogP contribution is 2.40. The van der Waals surface area contributed by atoms with Gasteiger partial charge in [-0.3, -0.25) is 29.9 Å². The van der Waals surface area contributed by atoms with Gasteiger partial charge in [-0.1, -0.05) is 29.8 Å². The first-order valence-electron chi connectivity index (χ1n) is 13.8. The van der Waals surface area contributed by atoms with Crippen LogP contribution in [0.3, 0.4) is 0 Å². The van der Waals surface area contributed by atoms with Crippen molar-refractivity contribution in [3.05, 3.63) is 75.8 Å². The minimum absolute atomic E-state index is 0.0137. The van der Waals surface area contributed by atoms with Crippen molar-refractivity contribution >= 4 is 51.9 Å². The minimum atomic E-state index is -1.25. The van der Waals surface area contributed by atoms with E-state index in [-0.39, 0.29) is 30.0 Å². The third-order valence-electron chi connectivity index (χ3n) is 7.98. The van der Waals surface area contributed by atoms with E-state index in [0.717, 1.165) is 5.56 Å². The zero-order chi connectivity index (χ0) is 30.9. The number of amides is 3. The number of halogens is 2. The number of nitrogens with two attached hydrogens (primary N) is 1. The number of imide groups is 1. The topological polar surface area (TPSA) is 148 Å². The van der Waals surface area contributed by atoms with Crippen LogP contribution < -0.4 is 16.0 Å². The van der Waals surface area contributed by atoms with Crippen molar-refractivity contribution in [3.63, 3.8) is 0 Å². The third kappa shape index (κ3) is 6.08. The second-order valence-electron chi connectivity index (χ2n) is 11.0. The number of aromatic nitrogens is 1. The normalized spacial score (nSPS) is 22.0. The van der Waals surface area contributed by atoms with Gasteiger partial charge >= 0.3 is 6.03 Å². The first-order valence-corrected chi connectivity index (χ1v) is 14.1. The molecule has 2 fully saturated rings. The van der Waals surface area contributed by atoms with Gasteiger partial charge in [-0.05, 0) is 49.2 Å². The van der Waals surface area contributed by atoms with Gasteiger partial charge in [-0.25, -0.2) is 9.18 Å². The lowest BCUT2D eigenvalue weighted by atomic mass is 9.77. The number of rotatable bonds is 6. The predicted octanol–water partition coefficient (Wildman–Crippen LogP) is 4.11. The molecule has 0 spiro atoms. The van der Waals surface area contributed by atoms with Crippen LogP contribution in [0.1, 0.15) is 42.4 Å². The van der Waals surface area contributed by atoms with E-state index in [1.54, 1.807) is 44.3 Å². The Morgan fingerprint density at radius 1 is 1.33 bits per heavy atom.